The summed E-state index contributed by atoms with van der Waals surface area (Å²) in [5.41, 5.74) is 2.40. The summed E-state index contributed by atoms with van der Waals surface area (Å²) < 4.78 is 0. The molecule has 0 aliphatic carbocycles. The van der Waals surface area contributed by atoms with Gasteiger partial charge in [-0.15, -0.1) is 0 Å². The van der Waals surface area contributed by atoms with Crippen molar-refractivity contribution in [2.45, 2.75) is 46.7 Å². The predicted molar refractivity (Wildman–Crippen MR) is 95.5 cm³/mol. The Hall–Kier alpha value is -2.14. The van der Waals surface area contributed by atoms with E-state index in [0.717, 1.165) is 17.6 Å². The van der Waals surface area contributed by atoms with E-state index in [1.807, 2.05) is 39.8 Å². The van der Waals surface area contributed by atoms with Crippen LogP contribution in [0.5, 0.6) is 0 Å². The quantitative estimate of drug-likeness (QED) is 0.640. The van der Waals surface area contributed by atoms with Crippen LogP contribution in [-0.4, -0.2) is 29.6 Å². The van der Waals surface area contributed by atoms with Crippen LogP contribution in [0, 0.1) is 5.92 Å². The summed E-state index contributed by atoms with van der Waals surface area (Å²) in [7, 11) is 0. The molecule has 132 valence electrons. The predicted octanol–water partition coefficient (Wildman–Crippen LogP) is 2.41. The molecular weight excluding hydrogens is 304 g/mol. The molecular formula is C19H28N2O3. The van der Waals surface area contributed by atoms with Gasteiger partial charge in [-0.2, -0.15) is 0 Å². The van der Waals surface area contributed by atoms with E-state index in [2.05, 4.69) is 10.6 Å². The first kappa shape index (κ1) is 19.9. The summed E-state index contributed by atoms with van der Waals surface area (Å²) in [6.07, 6.45) is 2.28. The first-order valence-corrected chi connectivity index (χ1v) is 8.25. The van der Waals surface area contributed by atoms with Crippen molar-refractivity contribution < 1.29 is 14.7 Å². The van der Waals surface area contributed by atoms with E-state index < -0.39 is 0 Å². The molecule has 0 bridgehead atoms. The molecule has 0 radical (unpaired) electrons. The minimum Gasteiger partial charge on any atom is -0.394 e. The number of carbonyl (C=O) groups excluding carboxylic acids is 2. The maximum atomic E-state index is 12.2. The number of rotatable bonds is 8. The monoisotopic (exact) mass is 332 g/mol. The lowest BCUT2D eigenvalue weighted by Crippen LogP contribution is -2.38. The van der Waals surface area contributed by atoms with E-state index in [9.17, 15) is 14.7 Å². The Morgan fingerprint density at radius 1 is 1.17 bits per heavy atom. The Balaban J connectivity index is 2.58. The maximum absolute atomic E-state index is 12.2. The average Bonchev–Trinajstić information content (AvgIpc) is 2.51. The van der Waals surface area contributed by atoms with Crippen molar-refractivity contribution in [2.24, 2.45) is 5.92 Å². The van der Waals surface area contributed by atoms with Gasteiger partial charge in [-0.3, -0.25) is 9.59 Å². The van der Waals surface area contributed by atoms with Gasteiger partial charge in [-0.25, -0.2) is 0 Å². The SMILES string of the molecule is CC(C)=CC(=O)NCc1ccc(C(=O)NC(CO)CC(C)C)cc1. The molecule has 1 aromatic rings. The van der Waals surface area contributed by atoms with Gasteiger partial charge in [-0.1, -0.05) is 31.6 Å². The van der Waals surface area contributed by atoms with E-state index in [0.29, 0.717) is 18.0 Å². The van der Waals surface area contributed by atoms with Crippen LogP contribution in [0.3, 0.4) is 0 Å². The molecule has 5 nitrogen and oxygen atoms in total. The van der Waals surface area contributed by atoms with Crippen LogP contribution in [0.1, 0.15) is 50.0 Å². The lowest BCUT2D eigenvalue weighted by molar-refractivity contribution is -0.116. The summed E-state index contributed by atoms with van der Waals surface area (Å²) in [5.74, 6) is 0.0698. The van der Waals surface area contributed by atoms with Crippen LogP contribution >= 0.6 is 0 Å². The first-order chi connectivity index (χ1) is 11.3. The third-order valence-electron chi connectivity index (χ3n) is 3.41. The summed E-state index contributed by atoms with van der Waals surface area (Å²) in [6.45, 7) is 8.17. The highest BCUT2D eigenvalue weighted by Crippen LogP contribution is 2.08. The number of hydrogen-bond donors (Lipinski definition) is 3. The largest absolute Gasteiger partial charge is 0.394 e. The van der Waals surface area contributed by atoms with Gasteiger partial charge in [0.2, 0.25) is 5.91 Å². The molecule has 3 N–H and O–H groups in total. The molecule has 2 amide bonds. The lowest BCUT2D eigenvalue weighted by atomic mass is 10.0. The highest BCUT2D eigenvalue weighted by atomic mass is 16.3. The van der Waals surface area contributed by atoms with Crippen LogP contribution in [0.2, 0.25) is 0 Å². The molecule has 1 rings (SSSR count). The molecule has 0 spiro atoms. The van der Waals surface area contributed by atoms with Crippen molar-refractivity contribution in [1.29, 1.82) is 0 Å². The number of amides is 2. The zero-order valence-electron chi connectivity index (χ0n) is 14.9. The molecule has 0 aromatic heterocycles. The number of nitrogens with one attached hydrogen (secondary N) is 2. The van der Waals surface area contributed by atoms with Crippen LogP contribution in [0.25, 0.3) is 0 Å². The fourth-order valence-corrected chi connectivity index (χ4v) is 2.29. The van der Waals surface area contributed by atoms with E-state index in [4.69, 9.17) is 0 Å². The summed E-state index contributed by atoms with van der Waals surface area (Å²) in [6, 6.07) is 6.84. The molecule has 0 saturated heterocycles. The van der Waals surface area contributed by atoms with Crippen LogP contribution < -0.4 is 10.6 Å². The number of benzene rings is 1. The van der Waals surface area contributed by atoms with Crippen molar-refractivity contribution in [2.75, 3.05) is 6.61 Å². The number of allylic oxidation sites excluding steroid dienone is 1. The number of hydrogen-bond acceptors (Lipinski definition) is 3. The van der Waals surface area contributed by atoms with Crippen LogP contribution in [0.4, 0.5) is 0 Å². The van der Waals surface area contributed by atoms with Crippen LogP contribution in [-0.2, 0) is 11.3 Å². The minimum atomic E-state index is -0.236. The Kier molecular flexibility index (Phi) is 8.19. The Morgan fingerprint density at radius 3 is 2.29 bits per heavy atom. The third-order valence-corrected chi connectivity index (χ3v) is 3.41. The Labute approximate surface area is 144 Å². The van der Waals surface area contributed by atoms with Crippen molar-refractivity contribution in [1.82, 2.24) is 10.6 Å². The second kappa shape index (κ2) is 9.88. The van der Waals surface area contributed by atoms with Gasteiger partial charge in [0.25, 0.3) is 5.91 Å². The first-order valence-electron chi connectivity index (χ1n) is 8.25. The number of aliphatic hydroxyl groups is 1. The highest BCUT2D eigenvalue weighted by molar-refractivity contribution is 5.94. The number of carbonyl (C=O) groups is 2. The molecule has 5 heteroatoms. The topological polar surface area (TPSA) is 78.4 Å². The highest BCUT2D eigenvalue weighted by Gasteiger charge is 2.14. The zero-order chi connectivity index (χ0) is 18.1. The third kappa shape index (κ3) is 7.42. The van der Waals surface area contributed by atoms with Crippen molar-refractivity contribution in [3.8, 4) is 0 Å². The second-order valence-corrected chi connectivity index (χ2v) is 6.62. The molecule has 0 heterocycles. The van der Waals surface area contributed by atoms with E-state index in [1.165, 1.54) is 0 Å². The molecule has 1 atom stereocenters. The van der Waals surface area contributed by atoms with Gasteiger partial charge in [0.05, 0.1) is 12.6 Å². The number of aliphatic hydroxyl groups excluding tert-OH is 1. The molecule has 1 aromatic carbocycles. The van der Waals surface area contributed by atoms with Crippen LogP contribution in [0.15, 0.2) is 35.9 Å². The van der Waals surface area contributed by atoms with Gasteiger partial charge in [0.15, 0.2) is 0 Å². The molecule has 1 unspecified atom stereocenters. The van der Waals surface area contributed by atoms with Crippen molar-refractivity contribution in [3.05, 3.63) is 47.0 Å². The van der Waals surface area contributed by atoms with Crippen molar-refractivity contribution >= 4 is 11.8 Å². The molecule has 0 saturated carbocycles. The smallest absolute Gasteiger partial charge is 0.251 e. The van der Waals surface area contributed by atoms with Gasteiger partial charge in [-0.05, 0) is 43.9 Å². The molecule has 24 heavy (non-hydrogen) atoms. The molecule has 0 aliphatic heterocycles. The summed E-state index contributed by atoms with van der Waals surface area (Å²) in [5, 5.41) is 15.0. The summed E-state index contributed by atoms with van der Waals surface area (Å²) in [4.78, 5) is 23.8. The molecule has 0 aliphatic rings. The maximum Gasteiger partial charge on any atom is 0.251 e. The van der Waals surface area contributed by atoms with Gasteiger partial charge in [0, 0.05) is 18.2 Å². The zero-order valence-corrected chi connectivity index (χ0v) is 14.9. The minimum absolute atomic E-state index is 0.0710. The fraction of sp³-hybridized carbons (Fsp3) is 0.474. The Bertz CT molecular complexity index is 573. The normalized spacial score (nSPS) is 11.8. The van der Waals surface area contributed by atoms with E-state index >= 15 is 0 Å². The summed E-state index contributed by atoms with van der Waals surface area (Å²) >= 11 is 0. The molecule has 0 fully saturated rings. The van der Waals surface area contributed by atoms with Gasteiger partial charge in [0.1, 0.15) is 0 Å². The lowest BCUT2D eigenvalue weighted by Gasteiger charge is -2.18. The van der Waals surface area contributed by atoms with E-state index in [1.54, 1.807) is 18.2 Å². The average molecular weight is 332 g/mol. The van der Waals surface area contributed by atoms with E-state index in [-0.39, 0.29) is 24.5 Å². The van der Waals surface area contributed by atoms with Gasteiger partial charge >= 0.3 is 0 Å². The Morgan fingerprint density at radius 2 is 1.79 bits per heavy atom. The second-order valence-electron chi connectivity index (χ2n) is 6.62. The van der Waals surface area contributed by atoms with Gasteiger partial charge < -0.3 is 15.7 Å². The fourth-order valence-electron chi connectivity index (χ4n) is 2.29. The van der Waals surface area contributed by atoms with Crippen molar-refractivity contribution in [3.63, 3.8) is 0 Å². The standard InChI is InChI=1S/C19H28N2O3/c1-13(2)9-17(12-22)21-19(24)16-7-5-15(6-8-16)11-20-18(23)10-14(3)4/h5-8,10,13,17,22H,9,11-12H2,1-4H3,(H,20,23)(H,21,24).